The number of anilines is 2. The second-order valence-electron chi connectivity index (χ2n) is 3.58. The predicted octanol–water partition coefficient (Wildman–Crippen LogP) is 1.62. The zero-order valence-electron chi connectivity index (χ0n) is 9.67. The van der Waals surface area contributed by atoms with E-state index in [0.717, 1.165) is 6.07 Å². The zero-order valence-corrected chi connectivity index (χ0v) is 9.67. The SMILES string of the molecule is CN(C)c1cc(NC(=O)O)c([N+](=O)[O-])cc1C#N. The number of nitrogens with zero attached hydrogens (tertiary/aromatic N) is 3. The Labute approximate surface area is 102 Å². The van der Waals surface area contributed by atoms with Crippen molar-refractivity contribution in [2.24, 2.45) is 0 Å². The maximum absolute atomic E-state index is 10.8. The van der Waals surface area contributed by atoms with Gasteiger partial charge in [0, 0.05) is 20.2 Å². The van der Waals surface area contributed by atoms with Crippen LogP contribution in [0.4, 0.5) is 21.9 Å². The molecule has 0 saturated heterocycles. The lowest BCUT2D eigenvalue weighted by molar-refractivity contribution is -0.383. The zero-order chi connectivity index (χ0) is 13.9. The van der Waals surface area contributed by atoms with Crippen LogP contribution >= 0.6 is 0 Å². The Morgan fingerprint density at radius 3 is 2.56 bits per heavy atom. The van der Waals surface area contributed by atoms with Gasteiger partial charge in [-0.15, -0.1) is 0 Å². The molecule has 0 spiro atoms. The second-order valence-corrected chi connectivity index (χ2v) is 3.58. The average Bonchev–Trinajstić information content (AvgIpc) is 2.27. The molecule has 0 heterocycles. The van der Waals surface area contributed by atoms with Gasteiger partial charge in [-0.2, -0.15) is 5.26 Å². The first-order chi connectivity index (χ1) is 8.36. The molecular weight excluding hydrogens is 240 g/mol. The summed E-state index contributed by atoms with van der Waals surface area (Å²) in [7, 11) is 3.29. The van der Waals surface area contributed by atoms with Gasteiger partial charge in [0.1, 0.15) is 11.8 Å². The number of benzene rings is 1. The highest BCUT2D eigenvalue weighted by molar-refractivity contribution is 5.88. The number of carboxylic acid groups (broad SMARTS) is 1. The molecule has 1 aromatic carbocycles. The molecule has 1 aromatic rings. The number of nitrogens with one attached hydrogen (secondary N) is 1. The van der Waals surface area contributed by atoms with E-state index in [4.69, 9.17) is 10.4 Å². The highest BCUT2D eigenvalue weighted by Crippen LogP contribution is 2.32. The molecule has 1 rings (SSSR count). The number of amides is 1. The van der Waals surface area contributed by atoms with Crippen molar-refractivity contribution in [3.05, 3.63) is 27.8 Å². The van der Waals surface area contributed by atoms with Crippen LogP contribution in [0.25, 0.3) is 0 Å². The number of rotatable bonds is 3. The molecule has 0 fully saturated rings. The number of nitro benzene ring substituents is 1. The van der Waals surface area contributed by atoms with E-state index < -0.39 is 16.7 Å². The molecule has 0 unspecified atom stereocenters. The van der Waals surface area contributed by atoms with Crippen LogP contribution in [0, 0.1) is 21.4 Å². The molecule has 2 N–H and O–H groups in total. The number of nitro groups is 1. The highest BCUT2D eigenvalue weighted by atomic mass is 16.6. The van der Waals surface area contributed by atoms with Gasteiger partial charge in [-0.05, 0) is 6.07 Å². The van der Waals surface area contributed by atoms with Gasteiger partial charge < -0.3 is 10.0 Å². The van der Waals surface area contributed by atoms with Crippen molar-refractivity contribution in [3.63, 3.8) is 0 Å². The van der Waals surface area contributed by atoms with Gasteiger partial charge >= 0.3 is 6.09 Å². The second kappa shape index (κ2) is 5.01. The summed E-state index contributed by atoms with van der Waals surface area (Å²) in [6.45, 7) is 0. The third-order valence-electron chi connectivity index (χ3n) is 2.15. The summed E-state index contributed by atoms with van der Waals surface area (Å²) in [6.07, 6.45) is -1.41. The lowest BCUT2D eigenvalue weighted by Gasteiger charge is -2.15. The molecule has 0 saturated carbocycles. The lowest BCUT2D eigenvalue weighted by Crippen LogP contribution is -2.14. The van der Waals surface area contributed by atoms with Gasteiger partial charge in [-0.1, -0.05) is 0 Å². The Bertz CT molecular complexity index is 548. The largest absolute Gasteiger partial charge is 0.465 e. The van der Waals surface area contributed by atoms with E-state index in [9.17, 15) is 14.9 Å². The topological polar surface area (TPSA) is 120 Å². The minimum Gasteiger partial charge on any atom is -0.465 e. The van der Waals surface area contributed by atoms with Crippen LogP contribution in [-0.2, 0) is 0 Å². The molecule has 8 heteroatoms. The predicted molar refractivity (Wildman–Crippen MR) is 63.8 cm³/mol. The average molecular weight is 250 g/mol. The number of carbonyl (C=O) groups is 1. The van der Waals surface area contributed by atoms with Crippen LogP contribution in [-0.4, -0.2) is 30.2 Å². The van der Waals surface area contributed by atoms with Crippen molar-refractivity contribution in [1.29, 1.82) is 5.26 Å². The first-order valence-electron chi connectivity index (χ1n) is 4.76. The van der Waals surface area contributed by atoms with Crippen LogP contribution in [0.15, 0.2) is 12.1 Å². The normalized spacial score (nSPS) is 9.39. The van der Waals surface area contributed by atoms with Crippen molar-refractivity contribution in [2.75, 3.05) is 24.3 Å². The lowest BCUT2D eigenvalue weighted by atomic mass is 10.1. The molecule has 0 aliphatic heterocycles. The third-order valence-corrected chi connectivity index (χ3v) is 2.15. The fourth-order valence-corrected chi connectivity index (χ4v) is 1.40. The minimum atomic E-state index is -1.41. The third kappa shape index (κ3) is 2.65. The van der Waals surface area contributed by atoms with Crippen LogP contribution in [0.5, 0.6) is 0 Å². The molecule has 0 aromatic heterocycles. The summed E-state index contributed by atoms with van der Waals surface area (Å²) in [4.78, 5) is 22.2. The van der Waals surface area contributed by atoms with Gasteiger partial charge in [0.15, 0.2) is 0 Å². The van der Waals surface area contributed by atoms with Gasteiger partial charge in [0.2, 0.25) is 0 Å². The van der Waals surface area contributed by atoms with Crippen LogP contribution < -0.4 is 10.2 Å². The summed E-state index contributed by atoms with van der Waals surface area (Å²) >= 11 is 0. The number of hydrogen-bond acceptors (Lipinski definition) is 5. The smallest absolute Gasteiger partial charge is 0.409 e. The summed E-state index contributed by atoms with van der Waals surface area (Å²) in [5, 5.41) is 30.3. The maximum Gasteiger partial charge on any atom is 0.409 e. The first-order valence-corrected chi connectivity index (χ1v) is 4.76. The Morgan fingerprint density at radius 1 is 1.56 bits per heavy atom. The fraction of sp³-hybridized carbons (Fsp3) is 0.200. The van der Waals surface area contributed by atoms with E-state index in [-0.39, 0.29) is 11.3 Å². The Kier molecular flexibility index (Phi) is 3.68. The van der Waals surface area contributed by atoms with Crippen molar-refractivity contribution in [2.45, 2.75) is 0 Å². The van der Waals surface area contributed by atoms with E-state index in [1.807, 2.05) is 11.4 Å². The highest BCUT2D eigenvalue weighted by Gasteiger charge is 2.20. The summed E-state index contributed by atoms with van der Waals surface area (Å²) < 4.78 is 0. The van der Waals surface area contributed by atoms with E-state index >= 15 is 0 Å². The van der Waals surface area contributed by atoms with Gasteiger partial charge in [0.25, 0.3) is 5.69 Å². The van der Waals surface area contributed by atoms with Crippen molar-refractivity contribution < 1.29 is 14.8 Å². The summed E-state index contributed by atoms with van der Waals surface area (Å²) in [6, 6.07) is 4.13. The molecule has 8 nitrogen and oxygen atoms in total. The Balaban J connectivity index is 3.48. The maximum atomic E-state index is 10.8. The molecule has 94 valence electrons. The number of nitriles is 1. The summed E-state index contributed by atoms with van der Waals surface area (Å²) in [5.41, 5.74) is -0.135. The van der Waals surface area contributed by atoms with Crippen molar-refractivity contribution >= 4 is 23.2 Å². The molecular formula is C10H10N4O4. The van der Waals surface area contributed by atoms with E-state index in [0.29, 0.717) is 5.69 Å². The molecule has 1 amide bonds. The van der Waals surface area contributed by atoms with Crippen LogP contribution in [0.1, 0.15) is 5.56 Å². The monoisotopic (exact) mass is 250 g/mol. The van der Waals surface area contributed by atoms with Crippen LogP contribution in [0.2, 0.25) is 0 Å². The van der Waals surface area contributed by atoms with Gasteiger partial charge in [-0.25, -0.2) is 4.79 Å². The van der Waals surface area contributed by atoms with Gasteiger partial charge in [-0.3, -0.25) is 15.4 Å². The van der Waals surface area contributed by atoms with Gasteiger partial charge in [0.05, 0.1) is 16.2 Å². The fourth-order valence-electron chi connectivity index (χ4n) is 1.40. The van der Waals surface area contributed by atoms with E-state index in [2.05, 4.69) is 0 Å². The molecule has 0 atom stereocenters. The summed E-state index contributed by atoms with van der Waals surface area (Å²) in [5.74, 6) is 0. The van der Waals surface area contributed by atoms with Crippen LogP contribution in [0.3, 0.4) is 0 Å². The standard InChI is InChI=1S/C10H10N4O4/c1-13(2)8-4-7(12-10(15)16)9(14(17)18)3-6(8)5-11/h3-4,12H,1-2H3,(H,15,16). The molecule has 18 heavy (non-hydrogen) atoms. The molecule has 0 aliphatic carbocycles. The number of hydrogen-bond donors (Lipinski definition) is 2. The first kappa shape index (κ1) is 13.2. The van der Waals surface area contributed by atoms with E-state index in [1.54, 1.807) is 19.0 Å². The minimum absolute atomic E-state index is 0.0997. The Hall–Kier alpha value is -2.82. The Morgan fingerprint density at radius 2 is 2.17 bits per heavy atom. The molecule has 0 bridgehead atoms. The van der Waals surface area contributed by atoms with Crippen molar-refractivity contribution in [3.8, 4) is 6.07 Å². The van der Waals surface area contributed by atoms with Crippen molar-refractivity contribution in [1.82, 2.24) is 0 Å². The molecule has 0 radical (unpaired) electrons. The molecule has 0 aliphatic rings. The van der Waals surface area contributed by atoms with E-state index in [1.165, 1.54) is 6.07 Å². The quantitative estimate of drug-likeness (QED) is 0.621.